The average Bonchev–Trinajstić information content (AvgIpc) is 2.72. The molecule has 0 aliphatic carbocycles. The molecular formula is C16H20N2O3. The Bertz CT molecular complexity index is 622. The molecule has 112 valence electrons. The summed E-state index contributed by atoms with van der Waals surface area (Å²) in [5.41, 5.74) is 1.34. The van der Waals surface area contributed by atoms with Crippen molar-refractivity contribution in [2.75, 3.05) is 20.8 Å². The van der Waals surface area contributed by atoms with Gasteiger partial charge in [-0.05, 0) is 17.9 Å². The van der Waals surface area contributed by atoms with Gasteiger partial charge in [0.15, 0.2) is 11.5 Å². The van der Waals surface area contributed by atoms with Crippen LogP contribution in [0.15, 0.2) is 17.1 Å². The van der Waals surface area contributed by atoms with Gasteiger partial charge in [-0.1, -0.05) is 13.8 Å². The molecule has 1 aromatic carbocycles. The van der Waals surface area contributed by atoms with Crippen LogP contribution >= 0.6 is 0 Å². The molecule has 5 heteroatoms. The molecule has 2 aliphatic heterocycles. The van der Waals surface area contributed by atoms with E-state index in [1.165, 1.54) is 0 Å². The number of aliphatic imine (C=N–C) groups is 1. The first kappa shape index (κ1) is 13.9. The monoisotopic (exact) mass is 288 g/mol. The summed E-state index contributed by atoms with van der Waals surface area (Å²) in [5, 5.41) is 0. The van der Waals surface area contributed by atoms with Crippen molar-refractivity contribution in [3.63, 3.8) is 0 Å². The van der Waals surface area contributed by atoms with Crippen LogP contribution in [0.1, 0.15) is 30.6 Å². The molecular weight excluding hydrogens is 268 g/mol. The summed E-state index contributed by atoms with van der Waals surface area (Å²) in [6.07, 6.45) is 2.81. The maximum Gasteiger partial charge on any atom is 0.256 e. The van der Waals surface area contributed by atoms with Gasteiger partial charge in [-0.2, -0.15) is 0 Å². The number of rotatable bonds is 2. The average molecular weight is 288 g/mol. The number of hydrogen-bond donors (Lipinski definition) is 0. The fourth-order valence-corrected chi connectivity index (χ4v) is 3.14. The third-order valence-electron chi connectivity index (χ3n) is 4.14. The maximum absolute atomic E-state index is 12.8. The second-order valence-electron chi connectivity index (χ2n) is 6.37. The van der Waals surface area contributed by atoms with Crippen molar-refractivity contribution in [2.24, 2.45) is 10.4 Å². The Morgan fingerprint density at radius 2 is 1.90 bits per heavy atom. The van der Waals surface area contributed by atoms with Crippen LogP contribution in [0.5, 0.6) is 11.5 Å². The SMILES string of the molecule is COc1cc2c(cc1OC)C(=O)N1CC(C)(C)CC1C=N2. The van der Waals surface area contributed by atoms with Crippen molar-refractivity contribution in [3.8, 4) is 11.5 Å². The molecule has 1 aromatic rings. The van der Waals surface area contributed by atoms with E-state index < -0.39 is 0 Å². The molecule has 1 fully saturated rings. The Morgan fingerprint density at radius 1 is 1.24 bits per heavy atom. The predicted molar refractivity (Wildman–Crippen MR) is 80.9 cm³/mol. The molecule has 1 atom stereocenters. The van der Waals surface area contributed by atoms with E-state index in [1.807, 2.05) is 11.1 Å². The van der Waals surface area contributed by atoms with Gasteiger partial charge < -0.3 is 14.4 Å². The van der Waals surface area contributed by atoms with E-state index in [-0.39, 0.29) is 17.4 Å². The van der Waals surface area contributed by atoms with Gasteiger partial charge >= 0.3 is 0 Å². The molecule has 21 heavy (non-hydrogen) atoms. The molecule has 1 unspecified atom stereocenters. The minimum absolute atomic E-state index is 0.0130. The Morgan fingerprint density at radius 3 is 2.57 bits per heavy atom. The lowest BCUT2D eigenvalue weighted by Gasteiger charge is -2.22. The van der Waals surface area contributed by atoms with Crippen molar-refractivity contribution in [2.45, 2.75) is 26.3 Å². The van der Waals surface area contributed by atoms with E-state index >= 15 is 0 Å². The summed E-state index contributed by atoms with van der Waals surface area (Å²) >= 11 is 0. The minimum atomic E-state index is 0.0130. The van der Waals surface area contributed by atoms with Gasteiger partial charge in [0.1, 0.15) is 0 Å². The van der Waals surface area contributed by atoms with Gasteiger partial charge in [-0.3, -0.25) is 9.79 Å². The number of carbonyl (C=O) groups is 1. The normalized spacial score (nSPS) is 22.6. The third-order valence-corrected chi connectivity index (χ3v) is 4.14. The van der Waals surface area contributed by atoms with Crippen molar-refractivity contribution in [1.29, 1.82) is 0 Å². The van der Waals surface area contributed by atoms with Crippen molar-refractivity contribution >= 4 is 17.8 Å². The number of fused-ring (bicyclic) bond motifs is 2. The fourth-order valence-electron chi connectivity index (χ4n) is 3.14. The Hall–Kier alpha value is -2.04. The molecule has 1 saturated heterocycles. The van der Waals surface area contributed by atoms with E-state index in [1.54, 1.807) is 26.4 Å². The van der Waals surface area contributed by atoms with Crippen molar-refractivity contribution in [3.05, 3.63) is 17.7 Å². The molecule has 0 saturated carbocycles. The number of nitrogens with zero attached hydrogens (tertiary/aromatic N) is 2. The number of carbonyl (C=O) groups excluding carboxylic acids is 1. The topological polar surface area (TPSA) is 51.1 Å². The molecule has 3 rings (SSSR count). The predicted octanol–water partition coefficient (Wildman–Crippen LogP) is 2.66. The van der Waals surface area contributed by atoms with Crippen LogP contribution < -0.4 is 9.47 Å². The first-order valence-corrected chi connectivity index (χ1v) is 7.06. The highest BCUT2D eigenvalue weighted by atomic mass is 16.5. The van der Waals surface area contributed by atoms with Crippen LogP contribution in [0.2, 0.25) is 0 Å². The highest BCUT2D eigenvalue weighted by Crippen LogP contribution is 2.40. The molecule has 0 radical (unpaired) electrons. The summed E-state index contributed by atoms with van der Waals surface area (Å²) in [5.74, 6) is 1.15. The number of amides is 1. The molecule has 0 aromatic heterocycles. The van der Waals surface area contributed by atoms with E-state index in [0.29, 0.717) is 22.7 Å². The fraction of sp³-hybridized carbons (Fsp3) is 0.500. The number of benzene rings is 1. The van der Waals surface area contributed by atoms with Gasteiger partial charge in [0.2, 0.25) is 0 Å². The first-order valence-electron chi connectivity index (χ1n) is 7.06. The van der Waals surface area contributed by atoms with Gasteiger partial charge in [0, 0.05) is 18.8 Å². The van der Waals surface area contributed by atoms with Crippen LogP contribution in [-0.4, -0.2) is 43.8 Å². The summed E-state index contributed by atoms with van der Waals surface area (Å²) in [4.78, 5) is 19.2. The zero-order valence-electron chi connectivity index (χ0n) is 12.8. The van der Waals surface area contributed by atoms with E-state index in [0.717, 1.165) is 13.0 Å². The Balaban J connectivity index is 2.07. The lowest BCUT2D eigenvalue weighted by atomic mass is 9.91. The second kappa shape index (κ2) is 4.76. The largest absolute Gasteiger partial charge is 0.493 e. The minimum Gasteiger partial charge on any atom is -0.493 e. The second-order valence-corrected chi connectivity index (χ2v) is 6.37. The van der Waals surface area contributed by atoms with E-state index in [2.05, 4.69) is 18.8 Å². The van der Waals surface area contributed by atoms with Gasteiger partial charge in [0.25, 0.3) is 5.91 Å². The zero-order valence-corrected chi connectivity index (χ0v) is 12.8. The lowest BCUT2D eigenvalue weighted by Crippen LogP contribution is -2.36. The lowest BCUT2D eigenvalue weighted by molar-refractivity contribution is 0.0761. The highest BCUT2D eigenvalue weighted by molar-refractivity contribution is 6.03. The molecule has 0 spiro atoms. The van der Waals surface area contributed by atoms with Gasteiger partial charge in [-0.15, -0.1) is 0 Å². The van der Waals surface area contributed by atoms with Gasteiger partial charge in [-0.25, -0.2) is 0 Å². The van der Waals surface area contributed by atoms with Gasteiger partial charge in [0.05, 0.1) is 31.5 Å². The molecule has 2 aliphatic rings. The Kier molecular flexibility index (Phi) is 3.15. The highest BCUT2D eigenvalue weighted by Gasteiger charge is 2.41. The smallest absolute Gasteiger partial charge is 0.256 e. The molecule has 1 amide bonds. The maximum atomic E-state index is 12.8. The summed E-state index contributed by atoms with van der Waals surface area (Å²) in [7, 11) is 3.14. The van der Waals surface area contributed by atoms with Crippen LogP contribution in [0.3, 0.4) is 0 Å². The summed E-state index contributed by atoms with van der Waals surface area (Å²) in [6, 6.07) is 3.55. The van der Waals surface area contributed by atoms with Crippen LogP contribution in [0.4, 0.5) is 5.69 Å². The van der Waals surface area contributed by atoms with Crippen molar-refractivity contribution < 1.29 is 14.3 Å². The zero-order chi connectivity index (χ0) is 15.2. The molecule has 0 bridgehead atoms. The van der Waals surface area contributed by atoms with Crippen LogP contribution in [0.25, 0.3) is 0 Å². The number of ether oxygens (including phenoxy) is 2. The first-order chi connectivity index (χ1) is 9.95. The molecule has 5 nitrogen and oxygen atoms in total. The Labute approximate surface area is 124 Å². The van der Waals surface area contributed by atoms with E-state index in [9.17, 15) is 4.79 Å². The molecule has 0 N–H and O–H groups in total. The summed E-state index contributed by atoms with van der Waals surface area (Å²) in [6.45, 7) is 5.10. The standard InChI is InChI=1S/C16H20N2O3/c1-16(2)7-10-8-17-12-6-14(21-4)13(20-3)5-11(12)15(19)18(10)9-16/h5-6,8,10H,7,9H2,1-4H3. The van der Waals surface area contributed by atoms with Crippen molar-refractivity contribution in [1.82, 2.24) is 4.90 Å². The van der Waals surface area contributed by atoms with E-state index in [4.69, 9.17) is 9.47 Å². The quantitative estimate of drug-likeness (QED) is 0.840. The third kappa shape index (κ3) is 2.26. The number of methoxy groups -OCH3 is 2. The summed E-state index contributed by atoms with van der Waals surface area (Å²) < 4.78 is 10.6. The van der Waals surface area contributed by atoms with Crippen LogP contribution in [-0.2, 0) is 0 Å². The molecule has 2 heterocycles. The van der Waals surface area contributed by atoms with Crippen LogP contribution in [0, 0.1) is 5.41 Å². The number of hydrogen-bond acceptors (Lipinski definition) is 4.